The molecule has 1 unspecified atom stereocenters. The quantitative estimate of drug-likeness (QED) is 0.815. The van der Waals surface area contributed by atoms with Crippen LogP contribution in [0.4, 0.5) is 14.5 Å². The molecule has 4 heteroatoms. The third-order valence-corrected chi connectivity index (χ3v) is 3.03. The highest BCUT2D eigenvalue weighted by Crippen LogP contribution is 2.24. The fraction of sp³-hybridized carbons (Fsp3) is 0.200. The monoisotopic (exact) mass is 263 g/mol. The molecule has 0 saturated carbocycles. The number of hydrogen-bond acceptors (Lipinski definition) is 2. The number of anilines is 1. The number of hydrogen-bond donors (Lipinski definition) is 2. The molecule has 2 rings (SSSR count). The summed E-state index contributed by atoms with van der Waals surface area (Å²) in [7, 11) is 0. The molecule has 0 amide bonds. The van der Waals surface area contributed by atoms with E-state index in [-0.39, 0.29) is 17.6 Å². The number of benzene rings is 2. The summed E-state index contributed by atoms with van der Waals surface area (Å²) in [5, 5.41) is 12.2. The molecule has 2 aromatic carbocycles. The number of aromatic hydroxyl groups is 1. The summed E-state index contributed by atoms with van der Waals surface area (Å²) in [6.07, 6.45) is 0. The van der Waals surface area contributed by atoms with Crippen molar-refractivity contribution in [1.82, 2.24) is 0 Å². The van der Waals surface area contributed by atoms with E-state index in [2.05, 4.69) is 5.32 Å². The van der Waals surface area contributed by atoms with Gasteiger partial charge in [-0.05, 0) is 43.2 Å². The average Bonchev–Trinajstić information content (AvgIpc) is 2.37. The van der Waals surface area contributed by atoms with E-state index in [9.17, 15) is 8.78 Å². The van der Waals surface area contributed by atoms with Gasteiger partial charge in [0.15, 0.2) is 11.6 Å². The molecular formula is C15H15F2NO. The van der Waals surface area contributed by atoms with Crippen molar-refractivity contribution in [3.63, 3.8) is 0 Å². The zero-order valence-electron chi connectivity index (χ0n) is 10.7. The van der Waals surface area contributed by atoms with Crippen LogP contribution in [0.1, 0.15) is 24.1 Å². The molecule has 0 heterocycles. The molecule has 1 atom stereocenters. The standard InChI is InChI=1S/C15H15F2NO/c1-9-3-4-11(7-13(9)16)10(2)18-12-5-6-15(19)14(17)8-12/h3-8,10,18-19H,1-2H3. The van der Waals surface area contributed by atoms with Gasteiger partial charge in [0.05, 0.1) is 0 Å². The molecule has 0 saturated heterocycles. The summed E-state index contributed by atoms with van der Waals surface area (Å²) in [4.78, 5) is 0. The van der Waals surface area contributed by atoms with Gasteiger partial charge in [0.25, 0.3) is 0 Å². The molecule has 0 aromatic heterocycles. The Labute approximate surface area is 110 Å². The number of phenolic OH excluding ortho intramolecular Hbond substituents is 1. The van der Waals surface area contributed by atoms with Crippen molar-refractivity contribution in [1.29, 1.82) is 0 Å². The molecule has 2 nitrogen and oxygen atoms in total. The van der Waals surface area contributed by atoms with Crippen LogP contribution >= 0.6 is 0 Å². The van der Waals surface area contributed by atoms with Crippen molar-refractivity contribution >= 4 is 5.69 Å². The Morgan fingerprint density at radius 3 is 2.42 bits per heavy atom. The van der Waals surface area contributed by atoms with E-state index in [1.54, 1.807) is 19.1 Å². The minimum atomic E-state index is -0.688. The number of aryl methyl sites for hydroxylation is 1. The highest BCUT2D eigenvalue weighted by atomic mass is 19.1. The number of nitrogens with one attached hydrogen (secondary N) is 1. The maximum atomic E-state index is 13.5. The van der Waals surface area contributed by atoms with Crippen molar-refractivity contribution in [3.05, 3.63) is 59.2 Å². The van der Waals surface area contributed by atoms with Crippen LogP contribution in [0.15, 0.2) is 36.4 Å². The second-order valence-corrected chi connectivity index (χ2v) is 4.54. The maximum Gasteiger partial charge on any atom is 0.166 e. The van der Waals surface area contributed by atoms with Crippen molar-refractivity contribution in [2.45, 2.75) is 19.9 Å². The van der Waals surface area contributed by atoms with Gasteiger partial charge in [-0.25, -0.2) is 8.78 Å². The number of phenols is 1. The van der Waals surface area contributed by atoms with Crippen molar-refractivity contribution in [2.75, 3.05) is 5.32 Å². The van der Waals surface area contributed by atoms with Crippen LogP contribution in [0.3, 0.4) is 0 Å². The fourth-order valence-corrected chi connectivity index (χ4v) is 1.81. The zero-order valence-corrected chi connectivity index (χ0v) is 10.7. The van der Waals surface area contributed by atoms with Gasteiger partial charge in [0, 0.05) is 17.8 Å². The Morgan fingerprint density at radius 2 is 1.79 bits per heavy atom. The zero-order chi connectivity index (χ0) is 14.0. The van der Waals surface area contributed by atoms with Gasteiger partial charge < -0.3 is 10.4 Å². The average molecular weight is 263 g/mol. The highest BCUT2D eigenvalue weighted by Gasteiger charge is 2.09. The second-order valence-electron chi connectivity index (χ2n) is 4.54. The molecule has 0 aliphatic rings. The lowest BCUT2D eigenvalue weighted by molar-refractivity contribution is 0.432. The molecule has 0 aliphatic heterocycles. The molecule has 100 valence electrons. The van der Waals surface area contributed by atoms with Crippen LogP contribution in [0, 0.1) is 18.6 Å². The van der Waals surface area contributed by atoms with Crippen molar-refractivity contribution < 1.29 is 13.9 Å². The fourth-order valence-electron chi connectivity index (χ4n) is 1.81. The van der Waals surface area contributed by atoms with Crippen LogP contribution in [0.25, 0.3) is 0 Å². The Bertz CT molecular complexity index is 599. The van der Waals surface area contributed by atoms with Gasteiger partial charge in [0.1, 0.15) is 5.82 Å². The molecule has 0 fully saturated rings. The first-order valence-corrected chi connectivity index (χ1v) is 5.98. The summed E-state index contributed by atoms with van der Waals surface area (Å²) in [5.41, 5.74) is 1.90. The lowest BCUT2D eigenvalue weighted by atomic mass is 10.1. The van der Waals surface area contributed by atoms with Crippen LogP contribution < -0.4 is 5.32 Å². The smallest absolute Gasteiger partial charge is 0.166 e. The van der Waals surface area contributed by atoms with E-state index in [1.165, 1.54) is 18.2 Å². The Hall–Kier alpha value is -2.10. The third-order valence-electron chi connectivity index (χ3n) is 3.03. The molecule has 0 radical (unpaired) electrons. The molecule has 0 bridgehead atoms. The Kier molecular flexibility index (Phi) is 3.69. The minimum absolute atomic E-state index is 0.168. The van der Waals surface area contributed by atoms with Gasteiger partial charge in [0.2, 0.25) is 0 Å². The Morgan fingerprint density at radius 1 is 1.05 bits per heavy atom. The van der Waals surface area contributed by atoms with Crippen molar-refractivity contribution in [3.8, 4) is 5.75 Å². The molecule has 2 aromatic rings. The first-order valence-electron chi connectivity index (χ1n) is 5.98. The molecule has 0 spiro atoms. The van der Waals surface area contributed by atoms with E-state index in [1.807, 2.05) is 13.0 Å². The number of rotatable bonds is 3. The number of halogens is 2. The maximum absolute atomic E-state index is 13.5. The van der Waals surface area contributed by atoms with Gasteiger partial charge >= 0.3 is 0 Å². The van der Waals surface area contributed by atoms with Crippen molar-refractivity contribution in [2.24, 2.45) is 0 Å². The minimum Gasteiger partial charge on any atom is -0.505 e. The van der Waals surface area contributed by atoms with E-state index in [0.717, 1.165) is 5.56 Å². The van der Waals surface area contributed by atoms with Gasteiger partial charge in [-0.15, -0.1) is 0 Å². The SMILES string of the molecule is Cc1ccc(C(C)Nc2ccc(O)c(F)c2)cc1F. The summed E-state index contributed by atoms with van der Waals surface area (Å²) in [6, 6.07) is 8.88. The van der Waals surface area contributed by atoms with Gasteiger partial charge in [-0.3, -0.25) is 0 Å². The highest BCUT2D eigenvalue weighted by molar-refractivity contribution is 5.48. The first kappa shape index (κ1) is 13.3. The van der Waals surface area contributed by atoms with Gasteiger partial charge in [-0.1, -0.05) is 12.1 Å². The van der Waals surface area contributed by atoms with E-state index in [4.69, 9.17) is 5.11 Å². The normalized spacial score (nSPS) is 12.2. The molecule has 0 aliphatic carbocycles. The molecular weight excluding hydrogens is 248 g/mol. The lowest BCUT2D eigenvalue weighted by Gasteiger charge is -2.16. The van der Waals surface area contributed by atoms with Crippen LogP contribution in [-0.4, -0.2) is 5.11 Å². The summed E-state index contributed by atoms with van der Waals surface area (Å²) >= 11 is 0. The van der Waals surface area contributed by atoms with Crippen LogP contribution in [0.2, 0.25) is 0 Å². The third kappa shape index (κ3) is 3.02. The topological polar surface area (TPSA) is 32.3 Å². The van der Waals surface area contributed by atoms with E-state index >= 15 is 0 Å². The van der Waals surface area contributed by atoms with E-state index < -0.39 is 5.82 Å². The van der Waals surface area contributed by atoms with Gasteiger partial charge in [-0.2, -0.15) is 0 Å². The largest absolute Gasteiger partial charge is 0.505 e. The second kappa shape index (κ2) is 5.26. The predicted octanol–water partition coefficient (Wildman–Crippen LogP) is 4.15. The van der Waals surface area contributed by atoms with Crippen LogP contribution in [0.5, 0.6) is 5.75 Å². The predicted molar refractivity (Wildman–Crippen MR) is 71.2 cm³/mol. The summed E-state index contributed by atoms with van der Waals surface area (Å²) in [5.74, 6) is -1.34. The molecule has 19 heavy (non-hydrogen) atoms. The van der Waals surface area contributed by atoms with Crippen LogP contribution in [-0.2, 0) is 0 Å². The first-order chi connectivity index (χ1) is 8.97. The lowest BCUT2D eigenvalue weighted by Crippen LogP contribution is -2.07. The molecule has 2 N–H and O–H groups in total. The summed E-state index contributed by atoms with van der Waals surface area (Å²) < 4.78 is 26.7. The Balaban J connectivity index is 2.17. The summed E-state index contributed by atoms with van der Waals surface area (Å²) in [6.45, 7) is 3.56. The van der Waals surface area contributed by atoms with E-state index in [0.29, 0.717) is 11.3 Å².